The molecule has 3 aromatic carbocycles. The van der Waals surface area contributed by atoms with E-state index in [0.717, 1.165) is 108 Å². The van der Waals surface area contributed by atoms with Gasteiger partial charge in [0.15, 0.2) is 5.82 Å². The molecule has 6 aromatic rings. The number of aryl methyl sites for hydroxylation is 1. The number of fused-ring (bicyclic) bond motifs is 1. The normalized spacial score (nSPS) is 20.2. The molecule has 3 aromatic heterocycles. The van der Waals surface area contributed by atoms with Gasteiger partial charge in [-0.3, -0.25) is 28.9 Å². The Morgan fingerprint density at radius 1 is 0.889 bits per heavy atom. The predicted octanol–water partition coefficient (Wildman–Crippen LogP) is 7.50. The fourth-order valence-electron chi connectivity index (χ4n) is 11.5. The topological polar surface area (TPSA) is 199 Å². The van der Waals surface area contributed by atoms with E-state index in [4.69, 9.17) is 0 Å². The number of β-amino-alcohol motifs (C(OH)–C–C–N with tert-alkyl or cyclic N) is 1. The maximum atomic E-state index is 15.8. The number of piperidine rings is 1. The molecular formula is C59H70F3N11O6S2. The highest BCUT2D eigenvalue weighted by Crippen LogP contribution is 2.34. The molecule has 5 N–H and O–H groups in total. The molecule has 430 valence electrons. The van der Waals surface area contributed by atoms with Crippen molar-refractivity contribution in [2.45, 2.75) is 84.3 Å². The number of pyridine rings is 1. The van der Waals surface area contributed by atoms with Gasteiger partial charge in [-0.1, -0.05) is 63.7 Å². The Hall–Kier alpha value is -6.69. The quantitative estimate of drug-likeness (QED) is 0.0532. The molecule has 81 heavy (non-hydrogen) atoms. The maximum Gasteiger partial charge on any atom is 0.301 e. The van der Waals surface area contributed by atoms with Crippen molar-refractivity contribution >= 4 is 61.6 Å². The summed E-state index contributed by atoms with van der Waals surface area (Å²) in [5.41, 5.74) is 6.30. The second-order valence-corrected chi connectivity index (χ2v) is 25.5. The summed E-state index contributed by atoms with van der Waals surface area (Å²) >= 11 is 1.61. The van der Waals surface area contributed by atoms with Crippen LogP contribution in [0.1, 0.15) is 73.6 Å². The largest absolute Gasteiger partial charge is 0.391 e. The number of carbonyl (C=O) groups is 3. The van der Waals surface area contributed by atoms with Crippen LogP contribution in [-0.4, -0.2) is 161 Å². The van der Waals surface area contributed by atoms with Crippen LogP contribution in [-0.2, 0) is 26.3 Å². The first-order chi connectivity index (χ1) is 38.7. The van der Waals surface area contributed by atoms with E-state index in [0.29, 0.717) is 41.2 Å². The van der Waals surface area contributed by atoms with Crippen LogP contribution < -0.4 is 20.3 Å². The third kappa shape index (κ3) is 13.0. The summed E-state index contributed by atoms with van der Waals surface area (Å²) in [5.74, 6) is -3.51. The van der Waals surface area contributed by atoms with Gasteiger partial charge in [-0.2, -0.15) is 12.7 Å². The number of piperazine rings is 1. The van der Waals surface area contributed by atoms with E-state index in [9.17, 15) is 32.3 Å². The van der Waals surface area contributed by atoms with E-state index in [1.807, 2.05) is 62.2 Å². The van der Waals surface area contributed by atoms with Gasteiger partial charge in [0.05, 0.1) is 46.0 Å². The number of ketones is 1. The number of amides is 2. The van der Waals surface area contributed by atoms with Gasteiger partial charge in [0.1, 0.15) is 23.7 Å². The molecule has 4 fully saturated rings. The first-order valence-electron chi connectivity index (χ1n) is 27.6. The molecule has 0 unspecified atom stereocenters. The van der Waals surface area contributed by atoms with Gasteiger partial charge in [-0.05, 0) is 97.6 Å². The number of hydrogen-bond donors (Lipinski definition) is 5. The second kappa shape index (κ2) is 24.0. The van der Waals surface area contributed by atoms with Crippen molar-refractivity contribution in [3.8, 4) is 21.6 Å². The Kier molecular flexibility index (Phi) is 17.1. The molecule has 17 nitrogen and oxygen atoms in total. The van der Waals surface area contributed by atoms with Gasteiger partial charge in [0, 0.05) is 106 Å². The smallest absolute Gasteiger partial charge is 0.301 e. The molecule has 4 saturated heterocycles. The third-order valence-corrected chi connectivity index (χ3v) is 18.6. The van der Waals surface area contributed by atoms with Crippen LogP contribution in [0.3, 0.4) is 0 Å². The van der Waals surface area contributed by atoms with Gasteiger partial charge < -0.3 is 30.5 Å². The summed E-state index contributed by atoms with van der Waals surface area (Å²) < 4.78 is 73.4. The third-order valence-electron chi connectivity index (χ3n) is 16.2. The predicted molar refractivity (Wildman–Crippen MR) is 309 cm³/mol. The Morgan fingerprint density at radius 2 is 1.60 bits per heavy atom. The van der Waals surface area contributed by atoms with Gasteiger partial charge in [-0.25, -0.2) is 23.1 Å². The standard InChI is InChI=1S/C59H70F3N11O6S2/c1-36(63-28-38-6-8-41(9-7-38)55-37(2)66-35-80-55)50-27-45(74)33-73(50)58(77)56(59(3,4)5)67-51(75)34-69-19-16-39(17-20-69)31-70-22-24-71(25-23-70)44-12-10-40(11-13-44)42-26-46-47(30-65-57(46)64-29-42)54(76)52-48(61)14-15-49(53(52)62)68-81(78,79)72-21-18-43(60)32-72/h6-15,26,29-30,35,39,43,45,50,56,63,68,74H,1,16-25,27-28,31-34H2,2-5H3,(H,64,65)(H,67,75)/t43-,45-,50+,56-/m1/s1. The number of nitrogens with zero attached hydrogens (tertiary/aromatic N) is 7. The number of rotatable bonds is 18. The van der Waals surface area contributed by atoms with Crippen molar-refractivity contribution in [1.82, 2.24) is 44.6 Å². The average Bonchev–Trinajstić information content (AvgIpc) is 4.50. The van der Waals surface area contributed by atoms with Crippen molar-refractivity contribution in [3.63, 3.8) is 0 Å². The van der Waals surface area contributed by atoms with E-state index in [1.165, 1.54) is 6.20 Å². The van der Waals surface area contributed by atoms with Crippen molar-refractivity contribution in [3.05, 3.63) is 131 Å². The van der Waals surface area contributed by atoms with Crippen molar-refractivity contribution < 1.29 is 41.1 Å². The number of aliphatic hydroxyl groups excluding tert-OH is 1. The number of hydrogen-bond acceptors (Lipinski definition) is 13. The number of anilines is 2. The van der Waals surface area contributed by atoms with Crippen LogP contribution in [0, 0.1) is 29.9 Å². The molecule has 2 amide bonds. The van der Waals surface area contributed by atoms with Crippen molar-refractivity contribution in [2.75, 3.05) is 81.6 Å². The first-order valence-corrected chi connectivity index (χ1v) is 29.9. The highest BCUT2D eigenvalue weighted by molar-refractivity contribution is 7.90. The van der Waals surface area contributed by atoms with Crippen LogP contribution in [0.15, 0.2) is 96.9 Å². The van der Waals surface area contributed by atoms with Crippen molar-refractivity contribution in [1.29, 1.82) is 0 Å². The molecule has 0 aliphatic carbocycles. The van der Waals surface area contributed by atoms with Gasteiger partial charge in [-0.15, -0.1) is 11.3 Å². The number of nitrogens with one attached hydrogen (secondary N) is 4. The average molecular weight is 1150 g/mol. The number of thiazole rings is 1. The molecule has 7 heterocycles. The number of halogens is 3. The minimum atomic E-state index is -4.37. The van der Waals surface area contributed by atoms with Crippen LogP contribution >= 0.6 is 11.3 Å². The van der Waals surface area contributed by atoms with E-state index < -0.39 is 75.2 Å². The SMILES string of the molecule is C=C(NCc1ccc(-c2scnc2C)cc1)[C@@H]1C[C@@H](O)CN1C(=O)[C@@H](NC(=O)CN1CCC(CN2CCN(c3ccc(-c4cnc5[nH]cc(C(=O)c6c(F)ccc(NS(=O)(=O)N7CC[C@@H](F)C7)c6F)c5c4)cc3)CC2)CC1)C(C)(C)C. The molecule has 0 bridgehead atoms. The Bertz CT molecular complexity index is 3390. The highest BCUT2D eigenvalue weighted by Gasteiger charge is 2.43. The number of aromatic amines is 1. The summed E-state index contributed by atoms with van der Waals surface area (Å²) in [6.07, 6.45) is 3.17. The summed E-state index contributed by atoms with van der Waals surface area (Å²) in [5, 5.41) is 17.6. The highest BCUT2D eigenvalue weighted by atomic mass is 32.2. The van der Waals surface area contributed by atoms with Crippen molar-refractivity contribution in [2.24, 2.45) is 11.3 Å². The van der Waals surface area contributed by atoms with Crippen LogP contribution in [0.25, 0.3) is 32.6 Å². The minimum Gasteiger partial charge on any atom is -0.391 e. The molecule has 4 atom stereocenters. The monoisotopic (exact) mass is 1150 g/mol. The lowest BCUT2D eigenvalue weighted by molar-refractivity contribution is -0.140. The van der Waals surface area contributed by atoms with Crippen LogP contribution in [0.5, 0.6) is 0 Å². The second-order valence-electron chi connectivity index (χ2n) is 22.9. The molecule has 0 saturated carbocycles. The van der Waals surface area contributed by atoms with Gasteiger partial charge in [0.25, 0.3) is 0 Å². The Balaban J connectivity index is 0.678. The lowest BCUT2D eigenvalue weighted by Crippen LogP contribution is -2.58. The zero-order valence-electron chi connectivity index (χ0n) is 46.1. The summed E-state index contributed by atoms with van der Waals surface area (Å²) in [4.78, 5) is 63.4. The van der Waals surface area contributed by atoms with E-state index in [-0.39, 0.29) is 43.4 Å². The number of H-pyrrole nitrogens is 1. The molecule has 0 spiro atoms. The number of alkyl halides is 1. The van der Waals surface area contributed by atoms with Gasteiger partial charge in [0.2, 0.25) is 17.6 Å². The number of aromatic nitrogens is 3. The number of carbonyl (C=O) groups excluding carboxylic acids is 3. The molecule has 22 heteroatoms. The Morgan fingerprint density at radius 3 is 2.27 bits per heavy atom. The summed E-state index contributed by atoms with van der Waals surface area (Å²) in [7, 11) is -4.37. The fourth-order valence-corrected chi connectivity index (χ4v) is 13.6. The van der Waals surface area contributed by atoms with Crippen LogP contribution in [0.4, 0.5) is 24.5 Å². The van der Waals surface area contributed by atoms with Crippen LogP contribution in [0.2, 0.25) is 0 Å². The Labute approximate surface area is 474 Å². The number of likely N-dealkylation sites (tertiary alicyclic amines) is 2. The maximum absolute atomic E-state index is 15.8. The van der Waals surface area contributed by atoms with E-state index >= 15 is 8.78 Å². The summed E-state index contributed by atoms with van der Waals surface area (Å²) in [6.45, 7) is 18.5. The molecule has 4 aliphatic heterocycles. The van der Waals surface area contributed by atoms with Gasteiger partial charge >= 0.3 is 10.2 Å². The first kappa shape index (κ1) is 57.5. The molecule has 4 aliphatic rings. The fraction of sp³-hybridized carbons (Fsp3) is 0.441. The lowest BCUT2D eigenvalue weighted by atomic mass is 9.85. The molecular weight excluding hydrogens is 1080 g/mol. The minimum absolute atomic E-state index is 0.00189. The number of benzene rings is 3. The molecule has 10 rings (SSSR count). The van der Waals surface area contributed by atoms with E-state index in [2.05, 4.69) is 71.1 Å². The zero-order valence-corrected chi connectivity index (χ0v) is 47.7. The number of aliphatic hydroxyl groups is 1. The summed E-state index contributed by atoms with van der Waals surface area (Å²) in [6, 6.07) is 18.5. The lowest BCUT2D eigenvalue weighted by Gasteiger charge is -2.40. The molecule has 0 radical (unpaired) electrons. The van der Waals surface area contributed by atoms with E-state index in [1.54, 1.807) is 28.5 Å². The zero-order chi connectivity index (χ0) is 57.3.